The normalized spacial score (nSPS) is 14.6. The SMILES string of the molecule is COc1ccccc1N(CC(=O)N[C@@H](C)c1ccc2c(c1)CCCC2)S(C)(=O)=O. The zero-order valence-corrected chi connectivity index (χ0v) is 18.0. The minimum absolute atomic E-state index is 0.214. The van der Waals surface area contributed by atoms with Gasteiger partial charge in [0.2, 0.25) is 15.9 Å². The minimum Gasteiger partial charge on any atom is -0.495 e. The number of fused-ring (bicyclic) bond motifs is 1. The van der Waals surface area contributed by atoms with Gasteiger partial charge < -0.3 is 10.1 Å². The smallest absolute Gasteiger partial charge is 0.241 e. The van der Waals surface area contributed by atoms with Gasteiger partial charge >= 0.3 is 0 Å². The van der Waals surface area contributed by atoms with Gasteiger partial charge in [-0.1, -0.05) is 30.3 Å². The van der Waals surface area contributed by atoms with E-state index in [-0.39, 0.29) is 18.5 Å². The van der Waals surface area contributed by atoms with Gasteiger partial charge in [0.1, 0.15) is 12.3 Å². The molecular weight excluding hydrogens is 388 g/mol. The highest BCUT2D eigenvalue weighted by Crippen LogP contribution is 2.29. The van der Waals surface area contributed by atoms with E-state index in [2.05, 4.69) is 17.4 Å². The van der Waals surface area contributed by atoms with E-state index in [1.165, 1.54) is 31.1 Å². The number of rotatable bonds is 7. The third kappa shape index (κ3) is 5.09. The molecule has 0 saturated carbocycles. The number of carbonyl (C=O) groups excluding carboxylic acids is 1. The Balaban J connectivity index is 1.75. The van der Waals surface area contributed by atoms with E-state index < -0.39 is 10.0 Å². The molecule has 3 rings (SSSR count). The lowest BCUT2D eigenvalue weighted by atomic mass is 9.89. The summed E-state index contributed by atoms with van der Waals surface area (Å²) in [6.07, 6.45) is 5.68. The van der Waals surface area contributed by atoms with Crippen molar-refractivity contribution in [2.45, 2.75) is 38.6 Å². The Bertz CT molecular complexity index is 988. The summed E-state index contributed by atoms with van der Waals surface area (Å²) >= 11 is 0. The Hall–Kier alpha value is -2.54. The molecule has 29 heavy (non-hydrogen) atoms. The molecule has 0 fully saturated rings. The molecule has 0 unspecified atom stereocenters. The molecule has 1 amide bonds. The van der Waals surface area contributed by atoms with E-state index in [9.17, 15) is 13.2 Å². The Labute approximate surface area is 172 Å². The lowest BCUT2D eigenvalue weighted by Crippen LogP contribution is -2.41. The van der Waals surface area contributed by atoms with Gasteiger partial charge in [-0.3, -0.25) is 9.10 Å². The Morgan fingerprint density at radius 2 is 1.83 bits per heavy atom. The second kappa shape index (κ2) is 8.86. The standard InChI is InChI=1S/C22H28N2O4S/c1-16(18-13-12-17-8-4-5-9-19(17)14-18)23-22(25)15-24(29(3,26)27)20-10-6-7-11-21(20)28-2/h6-7,10-14,16H,4-5,8-9,15H2,1-3H3,(H,23,25)/t16-/m0/s1. The molecule has 0 bridgehead atoms. The number of nitrogens with one attached hydrogen (secondary N) is 1. The van der Waals surface area contributed by atoms with Crippen LogP contribution in [0.5, 0.6) is 5.75 Å². The highest BCUT2D eigenvalue weighted by Gasteiger charge is 2.24. The Morgan fingerprint density at radius 3 is 2.52 bits per heavy atom. The van der Waals surface area contributed by atoms with Gasteiger partial charge in [0.25, 0.3) is 0 Å². The van der Waals surface area contributed by atoms with E-state index in [4.69, 9.17) is 4.74 Å². The van der Waals surface area contributed by atoms with Crippen LogP contribution < -0.4 is 14.4 Å². The lowest BCUT2D eigenvalue weighted by Gasteiger charge is -2.25. The second-order valence-corrected chi connectivity index (χ2v) is 9.37. The predicted molar refractivity (Wildman–Crippen MR) is 115 cm³/mol. The molecule has 7 heteroatoms. The molecular formula is C22H28N2O4S. The van der Waals surface area contributed by atoms with E-state index in [0.717, 1.165) is 29.0 Å². The van der Waals surface area contributed by atoms with Crippen molar-refractivity contribution < 1.29 is 17.9 Å². The van der Waals surface area contributed by atoms with Gasteiger partial charge in [-0.25, -0.2) is 8.42 Å². The monoisotopic (exact) mass is 416 g/mol. The van der Waals surface area contributed by atoms with Gasteiger partial charge in [0.05, 0.1) is 25.1 Å². The molecule has 0 aromatic heterocycles. The number of ether oxygens (including phenoxy) is 1. The molecule has 156 valence electrons. The number of anilines is 1. The van der Waals surface area contributed by atoms with Gasteiger partial charge in [0.15, 0.2) is 0 Å². The van der Waals surface area contributed by atoms with Gasteiger partial charge in [-0.2, -0.15) is 0 Å². The number of benzene rings is 2. The summed E-state index contributed by atoms with van der Waals surface area (Å²) in [7, 11) is -2.20. The average Bonchev–Trinajstić information content (AvgIpc) is 2.70. The highest BCUT2D eigenvalue weighted by molar-refractivity contribution is 7.92. The molecule has 1 atom stereocenters. The number of para-hydroxylation sites is 2. The van der Waals surface area contributed by atoms with Crippen molar-refractivity contribution >= 4 is 21.6 Å². The summed E-state index contributed by atoms with van der Waals surface area (Å²) in [4.78, 5) is 12.7. The van der Waals surface area contributed by atoms with Crippen LogP contribution in [0.15, 0.2) is 42.5 Å². The number of nitrogens with zero attached hydrogens (tertiary/aromatic N) is 1. The topological polar surface area (TPSA) is 75.7 Å². The Kier molecular flexibility index (Phi) is 6.47. The molecule has 2 aromatic rings. The minimum atomic E-state index is -3.67. The first-order chi connectivity index (χ1) is 13.8. The second-order valence-electron chi connectivity index (χ2n) is 7.47. The molecule has 6 nitrogen and oxygen atoms in total. The molecule has 2 aromatic carbocycles. The van der Waals surface area contributed by atoms with Crippen molar-refractivity contribution in [2.24, 2.45) is 0 Å². The zero-order chi connectivity index (χ0) is 21.0. The fourth-order valence-corrected chi connectivity index (χ4v) is 4.60. The third-order valence-electron chi connectivity index (χ3n) is 5.29. The van der Waals surface area contributed by atoms with Crippen LogP contribution in [0.25, 0.3) is 0 Å². The number of amides is 1. The molecule has 0 saturated heterocycles. The molecule has 1 aliphatic rings. The zero-order valence-electron chi connectivity index (χ0n) is 17.1. The summed E-state index contributed by atoms with van der Waals surface area (Å²) < 4.78 is 31.0. The highest BCUT2D eigenvalue weighted by atomic mass is 32.2. The van der Waals surface area contributed by atoms with Crippen LogP contribution >= 0.6 is 0 Å². The maximum Gasteiger partial charge on any atom is 0.241 e. The number of carbonyl (C=O) groups is 1. The molecule has 1 N–H and O–H groups in total. The number of methoxy groups -OCH3 is 1. The van der Waals surface area contributed by atoms with Crippen molar-refractivity contribution in [3.63, 3.8) is 0 Å². The Morgan fingerprint density at radius 1 is 1.14 bits per heavy atom. The van der Waals surface area contributed by atoms with Crippen LogP contribution in [0, 0.1) is 0 Å². The molecule has 0 radical (unpaired) electrons. The summed E-state index contributed by atoms with van der Waals surface area (Å²) in [6.45, 7) is 1.60. The molecule has 0 heterocycles. The van der Waals surface area contributed by atoms with Crippen molar-refractivity contribution in [1.82, 2.24) is 5.32 Å². The maximum atomic E-state index is 12.7. The van der Waals surface area contributed by atoms with Crippen LogP contribution in [0.2, 0.25) is 0 Å². The van der Waals surface area contributed by atoms with Crippen molar-refractivity contribution in [3.8, 4) is 5.75 Å². The fraction of sp³-hybridized carbons (Fsp3) is 0.409. The molecule has 0 aliphatic heterocycles. The summed E-state index contributed by atoms with van der Waals surface area (Å²) in [6, 6.07) is 12.9. The first kappa shape index (κ1) is 21.2. The number of sulfonamides is 1. The first-order valence-corrected chi connectivity index (χ1v) is 11.7. The predicted octanol–water partition coefficient (Wildman–Crippen LogP) is 3.22. The number of hydrogen-bond acceptors (Lipinski definition) is 4. The summed E-state index contributed by atoms with van der Waals surface area (Å²) in [5.74, 6) is 0.0278. The number of hydrogen-bond donors (Lipinski definition) is 1. The fourth-order valence-electron chi connectivity index (χ4n) is 3.74. The largest absolute Gasteiger partial charge is 0.495 e. The number of aryl methyl sites for hydroxylation is 2. The van der Waals surface area contributed by atoms with E-state index in [0.29, 0.717) is 11.4 Å². The van der Waals surface area contributed by atoms with Gasteiger partial charge in [-0.15, -0.1) is 0 Å². The van der Waals surface area contributed by atoms with E-state index in [1.807, 2.05) is 13.0 Å². The van der Waals surface area contributed by atoms with Crippen LogP contribution in [0.4, 0.5) is 5.69 Å². The quantitative estimate of drug-likeness (QED) is 0.752. The van der Waals surface area contributed by atoms with Crippen LogP contribution in [0.1, 0.15) is 42.5 Å². The first-order valence-electron chi connectivity index (χ1n) is 9.81. The van der Waals surface area contributed by atoms with Crippen molar-refractivity contribution in [3.05, 3.63) is 59.2 Å². The van der Waals surface area contributed by atoms with E-state index >= 15 is 0 Å². The van der Waals surface area contributed by atoms with Crippen LogP contribution in [0.3, 0.4) is 0 Å². The van der Waals surface area contributed by atoms with Crippen molar-refractivity contribution in [1.29, 1.82) is 0 Å². The summed E-state index contributed by atoms with van der Waals surface area (Å²) in [5.41, 5.74) is 4.11. The lowest BCUT2D eigenvalue weighted by molar-refractivity contribution is -0.120. The molecule has 0 spiro atoms. The average molecular weight is 417 g/mol. The summed E-state index contributed by atoms with van der Waals surface area (Å²) in [5, 5.41) is 2.93. The van der Waals surface area contributed by atoms with Crippen molar-refractivity contribution in [2.75, 3.05) is 24.2 Å². The van der Waals surface area contributed by atoms with E-state index in [1.54, 1.807) is 24.3 Å². The van der Waals surface area contributed by atoms with Gasteiger partial charge in [0, 0.05) is 0 Å². The van der Waals surface area contributed by atoms with Crippen LogP contribution in [-0.4, -0.2) is 34.2 Å². The van der Waals surface area contributed by atoms with Crippen LogP contribution in [-0.2, 0) is 27.7 Å². The third-order valence-corrected chi connectivity index (χ3v) is 6.42. The molecule has 1 aliphatic carbocycles. The van der Waals surface area contributed by atoms with Gasteiger partial charge in [-0.05, 0) is 61.4 Å². The maximum absolute atomic E-state index is 12.7.